The molecule has 0 aromatic heterocycles. The van der Waals surface area contributed by atoms with Gasteiger partial charge in [0, 0.05) is 54.7 Å². The lowest BCUT2D eigenvalue weighted by Gasteiger charge is -2.24. The number of rotatable bonds is 16. The number of hydrogen-bond donors (Lipinski definition) is 3. The van der Waals surface area contributed by atoms with Crippen molar-refractivity contribution >= 4 is 70.1 Å². The van der Waals surface area contributed by atoms with Crippen LogP contribution in [0, 0.1) is 0 Å². The van der Waals surface area contributed by atoms with Gasteiger partial charge in [-0.3, -0.25) is 28.1 Å². The highest BCUT2D eigenvalue weighted by atomic mass is 32.2. The van der Waals surface area contributed by atoms with Gasteiger partial charge in [-0.05, 0) is 61.6 Å². The van der Waals surface area contributed by atoms with E-state index in [-0.39, 0.29) is 42.0 Å². The number of anilines is 1. The molecule has 1 heterocycles. The number of allylic oxidation sites excluding steroid dienone is 3. The van der Waals surface area contributed by atoms with Gasteiger partial charge in [-0.15, -0.1) is 0 Å². The lowest BCUT2D eigenvalue weighted by atomic mass is 9.73. The molecule has 0 saturated heterocycles. The average molecular weight is 778 g/mol. The lowest BCUT2D eigenvalue weighted by Crippen LogP contribution is -2.32. The molecule has 1 amide bonds. The Morgan fingerprint density at radius 3 is 2.15 bits per heavy atom. The van der Waals surface area contributed by atoms with Crippen molar-refractivity contribution in [3.8, 4) is 0 Å². The Morgan fingerprint density at radius 1 is 0.865 bits per heavy atom. The van der Waals surface area contributed by atoms with E-state index >= 15 is 0 Å². The minimum absolute atomic E-state index is 0.0199. The summed E-state index contributed by atoms with van der Waals surface area (Å²) in [6, 6.07) is 13.7. The van der Waals surface area contributed by atoms with Crippen molar-refractivity contribution in [3.63, 3.8) is 0 Å². The second kappa shape index (κ2) is 16.2. The largest absolute Gasteiger partial charge is 0.469 e. The zero-order valence-corrected chi connectivity index (χ0v) is 31.2. The molecule has 14 nitrogen and oxygen atoms in total. The maximum Gasteiger partial charge on any atom is 0.305 e. The van der Waals surface area contributed by atoms with Crippen LogP contribution in [-0.2, 0) is 50.1 Å². The molecule has 3 aromatic carbocycles. The van der Waals surface area contributed by atoms with E-state index in [1.165, 1.54) is 25.0 Å². The van der Waals surface area contributed by atoms with Crippen molar-refractivity contribution < 1.29 is 57.8 Å². The fraction of sp³-hybridized carbons (Fsp3) is 0.343. The number of fused-ring (bicyclic) bond motifs is 3. The molecule has 0 saturated carbocycles. The van der Waals surface area contributed by atoms with Crippen molar-refractivity contribution in [1.82, 2.24) is 0 Å². The molecule has 0 bridgehead atoms. The topological polar surface area (TPSA) is 213 Å². The molecule has 0 fully saturated rings. The van der Waals surface area contributed by atoms with Gasteiger partial charge in [-0.2, -0.15) is 29.8 Å². The van der Waals surface area contributed by atoms with Crippen LogP contribution in [0.1, 0.15) is 57.9 Å². The molecule has 52 heavy (non-hydrogen) atoms. The molecule has 1 aliphatic heterocycles. The molecule has 0 radical (unpaired) electrons. The maximum atomic E-state index is 12.6. The molecule has 280 valence electrons. The summed E-state index contributed by atoms with van der Waals surface area (Å²) in [6.45, 7) is 3.30. The van der Waals surface area contributed by atoms with Crippen LogP contribution >= 0.6 is 0 Å². The van der Waals surface area contributed by atoms with Gasteiger partial charge in [0.15, 0.2) is 5.71 Å². The summed E-state index contributed by atoms with van der Waals surface area (Å²) in [4.78, 5) is 24.1. The maximum absolute atomic E-state index is 12.6. The SMILES string of the molecule is COC(=O)CCCCCC1(C)C(/C=C/C=C/N(C(C)=O)c2ccccc2)=[N+](CCCS(=O)(=O)O)c2ccc3c(S(=O)(=O)O)cc(S(=O)(=O)O)cc3c21. The van der Waals surface area contributed by atoms with E-state index < -0.39 is 51.3 Å². The molecule has 0 spiro atoms. The number of carbonyl (C=O) groups excluding carboxylic acids is 2. The van der Waals surface area contributed by atoms with Crippen LogP contribution < -0.4 is 4.90 Å². The van der Waals surface area contributed by atoms with E-state index in [0.29, 0.717) is 54.4 Å². The number of nitrogens with zero attached hydrogens (tertiary/aromatic N) is 2. The first-order chi connectivity index (χ1) is 24.3. The number of hydrogen-bond acceptors (Lipinski definition) is 9. The number of benzene rings is 3. The number of para-hydroxylation sites is 1. The van der Waals surface area contributed by atoms with Crippen molar-refractivity contribution in [2.24, 2.45) is 0 Å². The molecule has 3 aromatic rings. The first-order valence-electron chi connectivity index (χ1n) is 16.2. The van der Waals surface area contributed by atoms with Gasteiger partial charge in [0.1, 0.15) is 11.4 Å². The Balaban J connectivity index is 1.95. The summed E-state index contributed by atoms with van der Waals surface area (Å²) in [6.07, 6.45) is 8.69. The third-order valence-corrected chi connectivity index (χ3v) is 11.4. The minimum Gasteiger partial charge on any atom is -0.469 e. The molecule has 0 aliphatic carbocycles. The van der Waals surface area contributed by atoms with E-state index in [2.05, 4.69) is 0 Å². The van der Waals surface area contributed by atoms with Crippen molar-refractivity contribution in [1.29, 1.82) is 0 Å². The van der Waals surface area contributed by atoms with Crippen LogP contribution in [0.3, 0.4) is 0 Å². The van der Waals surface area contributed by atoms with E-state index in [1.54, 1.807) is 59.3 Å². The summed E-state index contributed by atoms with van der Waals surface area (Å²) < 4.78 is 109. The second-order valence-electron chi connectivity index (χ2n) is 12.5. The van der Waals surface area contributed by atoms with Gasteiger partial charge in [0.25, 0.3) is 30.4 Å². The van der Waals surface area contributed by atoms with Gasteiger partial charge in [0.05, 0.1) is 23.2 Å². The molecule has 1 unspecified atom stereocenters. The van der Waals surface area contributed by atoms with E-state index in [1.807, 2.05) is 13.0 Å². The summed E-state index contributed by atoms with van der Waals surface area (Å²) in [7, 11) is -13.0. The van der Waals surface area contributed by atoms with Crippen LogP contribution in [-0.4, -0.2) is 80.5 Å². The molecular formula is C35H41N2O12S3+. The highest BCUT2D eigenvalue weighted by Crippen LogP contribution is 2.48. The van der Waals surface area contributed by atoms with Crippen molar-refractivity contribution in [3.05, 3.63) is 84.6 Å². The second-order valence-corrected chi connectivity index (χ2v) is 16.9. The van der Waals surface area contributed by atoms with Gasteiger partial charge in [-0.25, -0.2) is 0 Å². The highest BCUT2D eigenvalue weighted by molar-refractivity contribution is 7.87. The zero-order chi connectivity index (χ0) is 38.5. The number of ether oxygens (including phenoxy) is 1. The van der Waals surface area contributed by atoms with Crippen LogP contribution in [0.2, 0.25) is 0 Å². The Bertz CT molecular complexity index is 2280. The fourth-order valence-corrected chi connectivity index (χ4v) is 8.36. The standard InChI is InChI=1S/C35H40N2O12S3/c1-25(38)36(26-13-6-4-7-14-26)20-11-9-15-32-35(2,19-10-5-8-16-33(39)49-3)34-29-23-27(51(43,44)45)24-31(52(46,47)48)28(29)17-18-30(34)37(32)21-12-22-50(40,41)42/h4,6-7,9,11,13-15,17-18,20,23-24H,5,8,10,12,16,19,21-22H2,1-3H3,(H2-,40,41,42,43,44,45,46,47,48)/p+1. The molecule has 1 aliphatic rings. The Morgan fingerprint density at radius 2 is 1.56 bits per heavy atom. The molecule has 3 N–H and O–H groups in total. The minimum atomic E-state index is -5.00. The Hall–Kier alpha value is -4.26. The van der Waals surface area contributed by atoms with E-state index in [9.17, 15) is 48.5 Å². The number of carbonyl (C=O) groups is 2. The number of methoxy groups -OCH3 is 1. The van der Waals surface area contributed by atoms with Crippen molar-refractivity contribution in [2.45, 2.75) is 67.6 Å². The molecule has 17 heteroatoms. The highest BCUT2D eigenvalue weighted by Gasteiger charge is 2.48. The summed E-state index contributed by atoms with van der Waals surface area (Å²) in [5.74, 6) is -1.20. The third kappa shape index (κ3) is 9.58. The molecule has 1 atom stereocenters. The number of esters is 1. The van der Waals surface area contributed by atoms with E-state index in [0.717, 1.165) is 6.07 Å². The van der Waals surface area contributed by atoms with Crippen LogP contribution in [0.5, 0.6) is 0 Å². The number of unbranched alkanes of at least 4 members (excludes halogenated alkanes) is 2. The Labute approximate surface area is 303 Å². The van der Waals surface area contributed by atoms with Crippen LogP contribution in [0.25, 0.3) is 10.8 Å². The lowest BCUT2D eigenvalue weighted by molar-refractivity contribution is -0.437. The summed E-state index contributed by atoms with van der Waals surface area (Å²) in [5.41, 5.74) is 1.07. The average Bonchev–Trinajstić information content (AvgIpc) is 3.29. The first-order valence-corrected chi connectivity index (χ1v) is 20.7. The molecule has 4 rings (SSSR count). The normalized spacial score (nSPS) is 16.6. The fourth-order valence-electron chi connectivity index (χ4n) is 6.53. The van der Waals surface area contributed by atoms with Gasteiger partial charge in [0.2, 0.25) is 11.6 Å². The Kier molecular flexibility index (Phi) is 12.6. The zero-order valence-electron chi connectivity index (χ0n) is 28.8. The predicted octanol–water partition coefficient (Wildman–Crippen LogP) is 5.21. The summed E-state index contributed by atoms with van der Waals surface area (Å²) in [5, 5.41) is 0.0800. The smallest absolute Gasteiger partial charge is 0.305 e. The summed E-state index contributed by atoms with van der Waals surface area (Å²) >= 11 is 0. The van der Waals surface area contributed by atoms with Crippen LogP contribution in [0.4, 0.5) is 11.4 Å². The van der Waals surface area contributed by atoms with Gasteiger partial charge in [-0.1, -0.05) is 37.1 Å². The third-order valence-electron chi connectivity index (χ3n) is 8.87. The van der Waals surface area contributed by atoms with Crippen LogP contribution in [0.15, 0.2) is 88.8 Å². The van der Waals surface area contributed by atoms with Crippen molar-refractivity contribution in [2.75, 3.05) is 24.3 Å². The molecular weight excluding hydrogens is 737 g/mol. The predicted molar refractivity (Wildman–Crippen MR) is 195 cm³/mol. The quantitative estimate of drug-likeness (QED) is 0.0562. The van der Waals surface area contributed by atoms with Gasteiger partial charge < -0.3 is 4.74 Å². The first kappa shape index (κ1) is 40.5. The monoisotopic (exact) mass is 777 g/mol. The number of amides is 1. The van der Waals surface area contributed by atoms with E-state index in [4.69, 9.17) is 4.74 Å². The van der Waals surface area contributed by atoms with Gasteiger partial charge >= 0.3 is 5.97 Å².